The van der Waals surface area contributed by atoms with Crippen LogP contribution in [0.1, 0.15) is 40.7 Å². The Kier molecular flexibility index (Phi) is 8.35. The van der Waals surface area contributed by atoms with Crippen LogP contribution >= 0.6 is 0 Å². The number of sulfonamides is 1. The van der Waals surface area contributed by atoms with Crippen molar-refractivity contribution >= 4 is 21.7 Å². The first kappa shape index (κ1) is 26.8. The molecule has 9 heteroatoms. The maximum atomic E-state index is 13.1. The number of fused-ring (bicyclic) bond motifs is 1. The van der Waals surface area contributed by atoms with Crippen LogP contribution in [0.4, 0.5) is 0 Å². The van der Waals surface area contributed by atoms with E-state index in [1.165, 1.54) is 25.3 Å². The van der Waals surface area contributed by atoms with Gasteiger partial charge in [0, 0.05) is 46.6 Å². The average Bonchev–Trinajstić information content (AvgIpc) is 3.15. The number of Topliss-reactive ketones (excluding diaryl/α,β-unsaturated/α-hetero) is 1. The molecule has 0 atom stereocenters. The molecule has 2 aromatic carbocycles. The largest absolute Gasteiger partial charge is 0.497 e. The van der Waals surface area contributed by atoms with Crippen LogP contribution in [0, 0.1) is 13.8 Å². The van der Waals surface area contributed by atoms with E-state index in [9.17, 15) is 18.0 Å². The third-order valence-electron chi connectivity index (χ3n) is 6.35. The molecule has 3 rings (SSSR count). The van der Waals surface area contributed by atoms with E-state index in [1.54, 1.807) is 37.9 Å². The second-order valence-corrected chi connectivity index (χ2v) is 11.4. The summed E-state index contributed by atoms with van der Waals surface area (Å²) in [6.45, 7) is 5.42. The van der Waals surface area contributed by atoms with Crippen LogP contribution in [0.2, 0.25) is 0 Å². The van der Waals surface area contributed by atoms with Crippen molar-refractivity contribution in [2.24, 2.45) is 0 Å². The van der Waals surface area contributed by atoms with Gasteiger partial charge in [0.05, 0.1) is 18.6 Å². The van der Waals surface area contributed by atoms with Crippen LogP contribution in [0.25, 0.3) is 0 Å². The number of hydrogen-bond acceptors (Lipinski definition) is 6. The summed E-state index contributed by atoms with van der Waals surface area (Å²) in [6.07, 6.45) is 0.0239. The minimum absolute atomic E-state index is 0.0153. The molecule has 0 N–H and O–H groups in total. The lowest BCUT2D eigenvalue weighted by Crippen LogP contribution is -2.34. The summed E-state index contributed by atoms with van der Waals surface area (Å²) in [5, 5.41) is 0. The molecule has 0 aromatic heterocycles. The molecule has 0 unspecified atom stereocenters. The fourth-order valence-corrected chi connectivity index (χ4v) is 6.08. The van der Waals surface area contributed by atoms with Gasteiger partial charge in [0.15, 0.2) is 0 Å². The Bertz CT molecular complexity index is 1200. The molecule has 2 aromatic rings. The zero-order chi connectivity index (χ0) is 25.9. The van der Waals surface area contributed by atoms with E-state index in [1.807, 2.05) is 6.07 Å². The van der Waals surface area contributed by atoms with E-state index >= 15 is 0 Å². The molecule has 8 nitrogen and oxygen atoms in total. The van der Waals surface area contributed by atoms with Gasteiger partial charge in [-0.05, 0) is 60.8 Å². The van der Waals surface area contributed by atoms with Crippen molar-refractivity contribution in [1.29, 1.82) is 0 Å². The number of aryl methyl sites for hydroxylation is 2. The molecule has 1 heterocycles. The van der Waals surface area contributed by atoms with Crippen molar-refractivity contribution in [2.45, 2.75) is 51.2 Å². The second kappa shape index (κ2) is 10.9. The van der Waals surface area contributed by atoms with Gasteiger partial charge in [-0.2, -0.15) is 4.31 Å². The predicted molar refractivity (Wildman–Crippen MR) is 135 cm³/mol. The van der Waals surface area contributed by atoms with E-state index in [0.717, 1.165) is 23.0 Å². The summed E-state index contributed by atoms with van der Waals surface area (Å²) >= 11 is 0. The van der Waals surface area contributed by atoms with Gasteiger partial charge in [0.25, 0.3) is 0 Å². The van der Waals surface area contributed by atoms with Crippen molar-refractivity contribution in [3.8, 4) is 5.75 Å². The molecule has 35 heavy (non-hydrogen) atoms. The minimum atomic E-state index is -3.87. The predicted octanol–water partition coefficient (Wildman–Crippen LogP) is 2.89. The monoisotopic (exact) mass is 501 g/mol. The number of nitrogens with zero attached hydrogens (tertiary/aromatic N) is 3. The average molecular weight is 502 g/mol. The first-order valence-corrected chi connectivity index (χ1v) is 13.0. The SMILES string of the molecule is COc1cc(C)c(S(=O)(=O)N(C)CC(=O)CCC(=O)N(C)Cc2ccc3c(c2)CN(C)C3)c(C)c1. The number of amides is 1. The highest BCUT2D eigenvalue weighted by atomic mass is 32.2. The van der Waals surface area contributed by atoms with Crippen LogP contribution in [-0.2, 0) is 39.2 Å². The van der Waals surface area contributed by atoms with Crippen molar-refractivity contribution in [1.82, 2.24) is 14.1 Å². The summed E-state index contributed by atoms with van der Waals surface area (Å²) in [6, 6.07) is 9.59. The van der Waals surface area contributed by atoms with Crippen molar-refractivity contribution in [3.63, 3.8) is 0 Å². The molecule has 1 aliphatic heterocycles. The maximum absolute atomic E-state index is 13.1. The number of ketones is 1. The molecular formula is C26H35N3O5S. The molecule has 0 fully saturated rings. The van der Waals surface area contributed by atoms with E-state index in [2.05, 4.69) is 24.1 Å². The number of carbonyl (C=O) groups is 2. The minimum Gasteiger partial charge on any atom is -0.497 e. The van der Waals surface area contributed by atoms with E-state index in [-0.39, 0.29) is 36.0 Å². The van der Waals surface area contributed by atoms with Gasteiger partial charge in [0.2, 0.25) is 15.9 Å². The van der Waals surface area contributed by atoms with Gasteiger partial charge in [-0.15, -0.1) is 0 Å². The van der Waals surface area contributed by atoms with Gasteiger partial charge < -0.3 is 9.64 Å². The topological polar surface area (TPSA) is 87.2 Å². The Morgan fingerprint density at radius 3 is 2.26 bits per heavy atom. The molecule has 0 aliphatic carbocycles. The zero-order valence-corrected chi connectivity index (χ0v) is 22.2. The van der Waals surface area contributed by atoms with Crippen molar-refractivity contribution in [3.05, 3.63) is 58.1 Å². The van der Waals surface area contributed by atoms with Gasteiger partial charge in [0.1, 0.15) is 11.5 Å². The third kappa shape index (κ3) is 6.28. The van der Waals surface area contributed by atoms with Crippen LogP contribution in [0.5, 0.6) is 5.75 Å². The lowest BCUT2D eigenvalue weighted by molar-refractivity contribution is -0.132. The quantitative estimate of drug-likeness (QED) is 0.498. The number of likely N-dealkylation sites (N-methyl/N-ethyl adjacent to an activating group) is 1. The van der Waals surface area contributed by atoms with Crippen molar-refractivity contribution in [2.75, 3.05) is 34.8 Å². The summed E-state index contributed by atoms with van der Waals surface area (Å²) in [4.78, 5) is 29.2. The molecule has 1 amide bonds. The molecule has 0 spiro atoms. The smallest absolute Gasteiger partial charge is 0.243 e. The fraction of sp³-hybridized carbons (Fsp3) is 0.462. The van der Waals surface area contributed by atoms with E-state index < -0.39 is 10.0 Å². The standard InChI is InChI=1S/C26H35N3O5S/c1-18-11-24(34-6)12-19(2)26(18)35(32,33)29(5)17-23(30)9-10-25(31)28(4)14-20-7-8-21-15-27(3)16-22(21)13-20/h7-8,11-13H,9-10,14-17H2,1-6H3. The normalized spacial score (nSPS) is 13.7. The summed E-state index contributed by atoms with van der Waals surface area (Å²) < 4.78 is 32.5. The summed E-state index contributed by atoms with van der Waals surface area (Å²) in [5.74, 6) is 0.123. The van der Waals surface area contributed by atoms with Gasteiger partial charge in [-0.25, -0.2) is 8.42 Å². The molecule has 0 saturated carbocycles. The fourth-order valence-electron chi connectivity index (χ4n) is 4.52. The van der Waals surface area contributed by atoms with Gasteiger partial charge >= 0.3 is 0 Å². The van der Waals surface area contributed by atoms with Crippen LogP contribution < -0.4 is 4.74 Å². The van der Waals surface area contributed by atoms with Crippen LogP contribution in [-0.4, -0.2) is 69.0 Å². The van der Waals surface area contributed by atoms with Crippen LogP contribution in [0.3, 0.4) is 0 Å². The maximum Gasteiger partial charge on any atom is 0.243 e. The Morgan fingerprint density at radius 2 is 1.63 bits per heavy atom. The lowest BCUT2D eigenvalue weighted by Gasteiger charge is -2.21. The Morgan fingerprint density at radius 1 is 1.00 bits per heavy atom. The summed E-state index contributed by atoms with van der Waals surface area (Å²) in [5.41, 5.74) is 4.76. The van der Waals surface area contributed by atoms with Gasteiger partial charge in [-0.1, -0.05) is 18.2 Å². The highest BCUT2D eigenvalue weighted by molar-refractivity contribution is 7.89. The number of rotatable bonds is 10. The van der Waals surface area contributed by atoms with Crippen molar-refractivity contribution < 1.29 is 22.7 Å². The zero-order valence-electron chi connectivity index (χ0n) is 21.4. The third-order valence-corrected chi connectivity index (χ3v) is 8.46. The Hall–Kier alpha value is -2.75. The first-order valence-electron chi connectivity index (χ1n) is 11.6. The number of carbonyl (C=O) groups excluding carboxylic acids is 2. The Balaban J connectivity index is 1.55. The highest BCUT2D eigenvalue weighted by Crippen LogP contribution is 2.28. The van der Waals surface area contributed by atoms with Crippen LogP contribution in [0.15, 0.2) is 35.2 Å². The first-order chi connectivity index (χ1) is 16.4. The number of benzene rings is 2. The molecule has 0 bridgehead atoms. The Labute approximate surface area is 208 Å². The van der Waals surface area contributed by atoms with E-state index in [0.29, 0.717) is 23.4 Å². The number of methoxy groups -OCH3 is 1. The molecular weight excluding hydrogens is 466 g/mol. The van der Waals surface area contributed by atoms with Gasteiger partial charge in [-0.3, -0.25) is 14.5 Å². The molecule has 0 saturated heterocycles. The van der Waals surface area contributed by atoms with E-state index in [4.69, 9.17) is 4.74 Å². The second-order valence-electron chi connectivity index (χ2n) is 9.42. The lowest BCUT2D eigenvalue weighted by atomic mass is 10.1. The summed E-state index contributed by atoms with van der Waals surface area (Å²) in [7, 11) is 2.84. The molecule has 190 valence electrons. The molecule has 0 radical (unpaired) electrons. The molecule has 1 aliphatic rings. The number of hydrogen-bond donors (Lipinski definition) is 0. The highest BCUT2D eigenvalue weighted by Gasteiger charge is 2.27. The number of ether oxygens (including phenoxy) is 1.